The van der Waals surface area contributed by atoms with Gasteiger partial charge in [0.15, 0.2) is 11.4 Å². The molecule has 9 heteroatoms. The minimum absolute atomic E-state index is 0.0175. The van der Waals surface area contributed by atoms with Crippen molar-refractivity contribution in [2.75, 3.05) is 0 Å². The lowest BCUT2D eigenvalue weighted by Crippen LogP contribution is -2.30. The summed E-state index contributed by atoms with van der Waals surface area (Å²) in [7, 11) is 0. The van der Waals surface area contributed by atoms with Gasteiger partial charge < -0.3 is 20.1 Å². The van der Waals surface area contributed by atoms with Gasteiger partial charge in [0, 0.05) is 24.4 Å². The van der Waals surface area contributed by atoms with Gasteiger partial charge >= 0.3 is 5.97 Å². The van der Waals surface area contributed by atoms with E-state index in [1.54, 1.807) is 30.3 Å². The lowest BCUT2D eigenvalue weighted by molar-refractivity contribution is 0.0683. The van der Waals surface area contributed by atoms with Crippen molar-refractivity contribution >= 4 is 11.9 Å². The number of aromatic nitrogens is 1. The summed E-state index contributed by atoms with van der Waals surface area (Å²) >= 11 is 0. The van der Waals surface area contributed by atoms with Crippen molar-refractivity contribution in [2.24, 2.45) is 0 Å². The Morgan fingerprint density at radius 3 is 2.50 bits per heavy atom. The molecule has 0 bridgehead atoms. The number of aromatic amines is 1. The van der Waals surface area contributed by atoms with E-state index in [1.807, 2.05) is 0 Å². The summed E-state index contributed by atoms with van der Waals surface area (Å²) in [6, 6.07) is 11.6. The molecule has 0 spiro atoms. The van der Waals surface area contributed by atoms with E-state index < -0.39 is 45.9 Å². The topological polar surface area (TPSA) is 108 Å². The molecular formula is C21H16F2N2O5. The van der Waals surface area contributed by atoms with Gasteiger partial charge in [-0.1, -0.05) is 36.4 Å². The molecular weight excluding hydrogens is 398 g/mol. The average Bonchev–Trinajstić information content (AvgIpc) is 2.72. The molecule has 2 aromatic carbocycles. The first-order valence-corrected chi connectivity index (χ1v) is 8.74. The summed E-state index contributed by atoms with van der Waals surface area (Å²) < 4.78 is 32.1. The zero-order valence-corrected chi connectivity index (χ0v) is 15.4. The summed E-state index contributed by atoms with van der Waals surface area (Å²) in [5, 5.41) is 11.6. The number of carbonyl (C=O) groups excluding carboxylic acids is 1. The smallest absolute Gasteiger partial charge is 0.356 e. The van der Waals surface area contributed by atoms with Gasteiger partial charge in [0.25, 0.3) is 5.91 Å². The Bertz CT molecular complexity index is 1150. The van der Waals surface area contributed by atoms with Gasteiger partial charge in [-0.15, -0.1) is 0 Å². The Labute approximate surface area is 168 Å². The Hall–Kier alpha value is -4.01. The number of hydrogen-bond donors (Lipinski definition) is 3. The fraction of sp³-hybridized carbons (Fsp3) is 0.0952. The summed E-state index contributed by atoms with van der Waals surface area (Å²) in [4.78, 5) is 38.9. The van der Waals surface area contributed by atoms with Gasteiger partial charge in [-0.25, -0.2) is 13.6 Å². The Balaban J connectivity index is 1.83. The van der Waals surface area contributed by atoms with Crippen LogP contribution in [0.15, 0.2) is 59.5 Å². The summed E-state index contributed by atoms with van der Waals surface area (Å²) in [5.41, 5.74) is -1.14. The Morgan fingerprint density at radius 2 is 1.83 bits per heavy atom. The number of pyridine rings is 1. The van der Waals surface area contributed by atoms with Gasteiger partial charge in [-0.2, -0.15) is 0 Å². The van der Waals surface area contributed by atoms with Gasteiger partial charge in [-0.05, 0) is 11.6 Å². The van der Waals surface area contributed by atoms with Gasteiger partial charge in [0.2, 0.25) is 5.43 Å². The maximum absolute atomic E-state index is 13.7. The van der Waals surface area contributed by atoms with E-state index in [2.05, 4.69) is 10.3 Å². The van der Waals surface area contributed by atoms with E-state index in [-0.39, 0.29) is 18.7 Å². The Kier molecular flexibility index (Phi) is 6.21. The van der Waals surface area contributed by atoms with Crippen LogP contribution in [0.3, 0.4) is 0 Å². The predicted molar refractivity (Wildman–Crippen MR) is 102 cm³/mol. The molecule has 3 aromatic rings. The van der Waals surface area contributed by atoms with Gasteiger partial charge in [0.1, 0.15) is 23.8 Å². The van der Waals surface area contributed by atoms with E-state index in [0.717, 1.165) is 18.3 Å². The highest BCUT2D eigenvalue weighted by Gasteiger charge is 2.22. The Morgan fingerprint density at radius 1 is 1.10 bits per heavy atom. The molecule has 0 atom stereocenters. The van der Waals surface area contributed by atoms with Crippen molar-refractivity contribution in [1.82, 2.24) is 10.3 Å². The fourth-order valence-corrected chi connectivity index (χ4v) is 2.64. The monoisotopic (exact) mass is 414 g/mol. The van der Waals surface area contributed by atoms with E-state index in [1.165, 1.54) is 0 Å². The van der Waals surface area contributed by atoms with Crippen LogP contribution in [0.1, 0.15) is 32.0 Å². The summed E-state index contributed by atoms with van der Waals surface area (Å²) in [6.07, 6.45) is 0.942. The van der Waals surface area contributed by atoms with E-state index in [0.29, 0.717) is 11.6 Å². The average molecular weight is 414 g/mol. The van der Waals surface area contributed by atoms with Crippen LogP contribution in [0.4, 0.5) is 8.78 Å². The first-order valence-electron chi connectivity index (χ1n) is 8.74. The molecule has 3 N–H and O–H groups in total. The molecule has 0 saturated heterocycles. The molecule has 0 fully saturated rings. The third-order valence-electron chi connectivity index (χ3n) is 4.18. The second-order valence-electron chi connectivity index (χ2n) is 6.23. The molecule has 0 radical (unpaired) electrons. The third kappa shape index (κ3) is 4.69. The number of benzene rings is 2. The van der Waals surface area contributed by atoms with Crippen molar-refractivity contribution in [1.29, 1.82) is 0 Å². The van der Waals surface area contributed by atoms with E-state index in [9.17, 15) is 28.3 Å². The summed E-state index contributed by atoms with van der Waals surface area (Å²) in [6.45, 7) is -0.388. The van der Waals surface area contributed by atoms with Gasteiger partial charge in [-0.3, -0.25) is 9.59 Å². The number of amides is 1. The maximum Gasteiger partial charge on any atom is 0.356 e. The van der Waals surface area contributed by atoms with E-state index >= 15 is 0 Å². The van der Waals surface area contributed by atoms with Crippen LogP contribution in [0.5, 0.6) is 5.75 Å². The summed E-state index contributed by atoms with van der Waals surface area (Å²) in [5.74, 6) is -4.44. The maximum atomic E-state index is 13.7. The van der Waals surface area contributed by atoms with Crippen LogP contribution in [0, 0.1) is 11.6 Å². The first kappa shape index (κ1) is 20.7. The lowest BCUT2D eigenvalue weighted by atomic mass is 10.1. The van der Waals surface area contributed by atoms with Crippen LogP contribution >= 0.6 is 0 Å². The lowest BCUT2D eigenvalue weighted by Gasteiger charge is -2.11. The number of carboxylic acid groups (broad SMARTS) is 1. The molecule has 1 amide bonds. The molecule has 0 aliphatic carbocycles. The molecule has 0 aliphatic rings. The standard InChI is InChI=1S/C21H16F2N2O5/c22-14-7-6-13(16(23)8-14)9-25-20(27)15-10-24-17(21(28)29)19(18(15)26)30-11-12-4-2-1-3-5-12/h1-8,10H,9,11H2,(H,24,26)(H,25,27)(H,28,29). The van der Waals surface area contributed by atoms with E-state index in [4.69, 9.17) is 4.74 Å². The normalized spacial score (nSPS) is 10.5. The van der Waals surface area contributed by atoms with Crippen molar-refractivity contribution < 1.29 is 28.2 Å². The zero-order chi connectivity index (χ0) is 21.7. The molecule has 0 saturated carbocycles. The molecule has 1 aromatic heterocycles. The van der Waals surface area contributed by atoms with Crippen molar-refractivity contribution in [3.63, 3.8) is 0 Å². The number of ether oxygens (including phenoxy) is 1. The molecule has 154 valence electrons. The number of halogens is 2. The number of nitrogens with one attached hydrogen (secondary N) is 2. The van der Waals surface area contributed by atoms with Crippen LogP contribution in [0.25, 0.3) is 0 Å². The zero-order valence-electron chi connectivity index (χ0n) is 15.4. The second kappa shape index (κ2) is 8.99. The molecule has 0 unspecified atom stereocenters. The number of carbonyl (C=O) groups is 2. The minimum atomic E-state index is -1.43. The number of hydrogen-bond acceptors (Lipinski definition) is 4. The third-order valence-corrected chi connectivity index (χ3v) is 4.18. The number of H-pyrrole nitrogens is 1. The van der Waals surface area contributed by atoms with Crippen molar-refractivity contribution in [2.45, 2.75) is 13.2 Å². The fourth-order valence-electron chi connectivity index (χ4n) is 2.64. The van der Waals surface area contributed by atoms with Gasteiger partial charge in [0.05, 0.1) is 0 Å². The molecule has 1 heterocycles. The minimum Gasteiger partial charge on any atom is -0.482 e. The van der Waals surface area contributed by atoms with Crippen molar-refractivity contribution in [3.05, 3.63) is 99.0 Å². The largest absolute Gasteiger partial charge is 0.482 e. The molecule has 0 aliphatic heterocycles. The highest BCUT2D eigenvalue weighted by molar-refractivity contribution is 5.96. The predicted octanol–water partition coefficient (Wildman–Crippen LogP) is 2.86. The first-order chi connectivity index (χ1) is 14.4. The quantitative estimate of drug-likeness (QED) is 0.551. The van der Waals surface area contributed by atoms with Crippen LogP contribution in [-0.2, 0) is 13.2 Å². The highest BCUT2D eigenvalue weighted by atomic mass is 19.1. The van der Waals surface area contributed by atoms with Crippen LogP contribution in [-0.4, -0.2) is 22.0 Å². The second-order valence-corrected chi connectivity index (χ2v) is 6.23. The molecule has 3 rings (SSSR count). The SMILES string of the molecule is O=C(O)c1[nH]cc(C(=O)NCc2ccc(F)cc2F)c(=O)c1OCc1ccccc1. The number of aromatic carboxylic acids is 1. The molecule has 7 nitrogen and oxygen atoms in total. The van der Waals surface area contributed by atoms with Crippen LogP contribution in [0.2, 0.25) is 0 Å². The number of carboxylic acids is 1. The highest BCUT2D eigenvalue weighted by Crippen LogP contribution is 2.15. The van der Waals surface area contributed by atoms with Crippen LogP contribution < -0.4 is 15.5 Å². The molecule has 30 heavy (non-hydrogen) atoms. The number of rotatable bonds is 7. The van der Waals surface area contributed by atoms with Crippen molar-refractivity contribution in [3.8, 4) is 5.75 Å².